The molecule has 2 rings (SSSR count). The molecular formula is C17H19FN2O3S. The Morgan fingerprint density at radius 2 is 1.83 bits per heavy atom. The second kappa shape index (κ2) is 8.03. The molecule has 0 spiro atoms. The highest BCUT2D eigenvalue weighted by molar-refractivity contribution is 7.89. The third-order valence-electron chi connectivity index (χ3n) is 3.33. The van der Waals surface area contributed by atoms with E-state index in [-0.39, 0.29) is 10.5 Å². The van der Waals surface area contributed by atoms with Crippen molar-refractivity contribution in [1.29, 1.82) is 0 Å². The highest BCUT2D eigenvalue weighted by Crippen LogP contribution is 2.14. The number of anilines is 1. The molecule has 0 aromatic heterocycles. The van der Waals surface area contributed by atoms with Crippen molar-refractivity contribution in [2.75, 3.05) is 11.9 Å². The Kier molecular flexibility index (Phi) is 6.05. The number of nitrogens with one attached hydrogen (secondary N) is 2. The van der Waals surface area contributed by atoms with E-state index in [2.05, 4.69) is 10.0 Å². The van der Waals surface area contributed by atoms with Gasteiger partial charge in [-0.05, 0) is 48.9 Å². The summed E-state index contributed by atoms with van der Waals surface area (Å²) in [6.45, 7) is 2.35. The summed E-state index contributed by atoms with van der Waals surface area (Å²) in [6.07, 6.45) is 1.65. The number of unbranched alkanes of at least 4 members (excludes halogenated alkanes) is 1. The second-order valence-corrected chi connectivity index (χ2v) is 7.01. The van der Waals surface area contributed by atoms with Gasteiger partial charge in [0.1, 0.15) is 5.82 Å². The van der Waals surface area contributed by atoms with Gasteiger partial charge in [0.05, 0.1) is 4.90 Å². The number of hydrogen-bond acceptors (Lipinski definition) is 3. The van der Waals surface area contributed by atoms with Gasteiger partial charge < -0.3 is 5.32 Å². The zero-order valence-corrected chi connectivity index (χ0v) is 14.1. The molecule has 128 valence electrons. The summed E-state index contributed by atoms with van der Waals surface area (Å²) < 4.78 is 39.7. The minimum atomic E-state index is -3.57. The number of halogens is 1. The van der Waals surface area contributed by atoms with E-state index in [4.69, 9.17) is 0 Å². The lowest BCUT2D eigenvalue weighted by molar-refractivity contribution is 0.102. The predicted octanol–water partition coefficient (Wildman–Crippen LogP) is 3.16. The van der Waals surface area contributed by atoms with E-state index in [0.29, 0.717) is 12.2 Å². The van der Waals surface area contributed by atoms with Crippen LogP contribution in [0.3, 0.4) is 0 Å². The van der Waals surface area contributed by atoms with Crippen LogP contribution >= 0.6 is 0 Å². The number of amides is 1. The van der Waals surface area contributed by atoms with Crippen LogP contribution in [-0.2, 0) is 10.0 Å². The molecule has 0 heterocycles. The van der Waals surface area contributed by atoms with E-state index in [1.54, 1.807) is 6.07 Å². The van der Waals surface area contributed by atoms with Crippen LogP contribution in [0.4, 0.5) is 10.1 Å². The lowest BCUT2D eigenvalue weighted by atomic mass is 10.2. The van der Waals surface area contributed by atoms with Gasteiger partial charge in [-0.2, -0.15) is 0 Å². The first-order chi connectivity index (χ1) is 11.4. The standard InChI is InChI=1S/C17H19FN2O3S/c1-2-3-11-19-24(22,23)16-9-7-13(8-10-16)17(21)20-15-6-4-5-14(18)12-15/h4-10,12,19H,2-3,11H2,1H3,(H,20,21). The summed E-state index contributed by atoms with van der Waals surface area (Å²) in [5.41, 5.74) is 0.615. The van der Waals surface area contributed by atoms with Crippen molar-refractivity contribution in [1.82, 2.24) is 4.72 Å². The fourth-order valence-corrected chi connectivity index (χ4v) is 3.10. The number of rotatable bonds is 7. The Balaban J connectivity index is 2.07. The fourth-order valence-electron chi connectivity index (χ4n) is 2.02. The van der Waals surface area contributed by atoms with Gasteiger partial charge in [0, 0.05) is 17.8 Å². The molecule has 0 saturated heterocycles. The molecule has 5 nitrogen and oxygen atoms in total. The fraction of sp³-hybridized carbons (Fsp3) is 0.235. The second-order valence-electron chi connectivity index (χ2n) is 5.24. The van der Waals surface area contributed by atoms with Crippen LogP contribution < -0.4 is 10.0 Å². The normalized spacial score (nSPS) is 11.2. The molecule has 0 aliphatic rings. The molecule has 0 bridgehead atoms. The Bertz CT molecular complexity index is 805. The van der Waals surface area contributed by atoms with Gasteiger partial charge in [-0.25, -0.2) is 17.5 Å². The van der Waals surface area contributed by atoms with Gasteiger partial charge in [-0.1, -0.05) is 19.4 Å². The molecular weight excluding hydrogens is 331 g/mol. The largest absolute Gasteiger partial charge is 0.322 e. The van der Waals surface area contributed by atoms with Crippen molar-refractivity contribution in [2.24, 2.45) is 0 Å². The summed E-state index contributed by atoms with van der Waals surface area (Å²) in [4.78, 5) is 12.2. The van der Waals surface area contributed by atoms with Crippen molar-refractivity contribution in [3.63, 3.8) is 0 Å². The first-order valence-corrected chi connectivity index (χ1v) is 9.07. The summed E-state index contributed by atoms with van der Waals surface area (Å²) >= 11 is 0. The molecule has 0 unspecified atom stereocenters. The van der Waals surface area contributed by atoms with Crippen LogP contribution in [0.15, 0.2) is 53.4 Å². The maximum Gasteiger partial charge on any atom is 0.255 e. The van der Waals surface area contributed by atoms with E-state index in [1.807, 2.05) is 6.92 Å². The molecule has 0 aliphatic heterocycles. The quantitative estimate of drug-likeness (QED) is 0.753. The van der Waals surface area contributed by atoms with E-state index >= 15 is 0 Å². The average Bonchev–Trinajstić information content (AvgIpc) is 2.55. The first-order valence-electron chi connectivity index (χ1n) is 7.59. The maximum absolute atomic E-state index is 13.1. The third kappa shape index (κ3) is 4.87. The minimum Gasteiger partial charge on any atom is -0.322 e. The Morgan fingerprint density at radius 3 is 2.46 bits per heavy atom. The van der Waals surface area contributed by atoms with Crippen molar-refractivity contribution >= 4 is 21.6 Å². The van der Waals surface area contributed by atoms with Gasteiger partial charge in [0.25, 0.3) is 5.91 Å². The minimum absolute atomic E-state index is 0.0981. The lowest BCUT2D eigenvalue weighted by Crippen LogP contribution is -2.24. The zero-order chi connectivity index (χ0) is 17.6. The van der Waals surface area contributed by atoms with E-state index < -0.39 is 21.7 Å². The highest BCUT2D eigenvalue weighted by atomic mass is 32.2. The van der Waals surface area contributed by atoms with Crippen molar-refractivity contribution < 1.29 is 17.6 Å². The molecule has 7 heteroatoms. The molecule has 0 aliphatic carbocycles. The molecule has 2 aromatic carbocycles. The van der Waals surface area contributed by atoms with E-state index in [0.717, 1.165) is 12.8 Å². The van der Waals surface area contributed by atoms with Crippen molar-refractivity contribution in [2.45, 2.75) is 24.7 Å². The summed E-state index contributed by atoms with van der Waals surface area (Å²) in [5.74, 6) is -0.893. The number of carbonyl (C=O) groups is 1. The Hall–Kier alpha value is -2.25. The molecule has 1 amide bonds. The summed E-state index contributed by atoms with van der Waals surface area (Å²) in [5, 5.41) is 2.56. The van der Waals surface area contributed by atoms with Gasteiger partial charge in [-0.15, -0.1) is 0 Å². The molecule has 24 heavy (non-hydrogen) atoms. The monoisotopic (exact) mass is 350 g/mol. The maximum atomic E-state index is 13.1. The highest BCUT2D eigenvalue weighted by Gasteiger charge is 2.14. The van der Waals surface area contributed by atoms with Crippen LogP contribution in [-0.4, -0.2) is 20.9 Å². The summed E-state index contributed by atoms with van der Waals surface area (Å²) in [6, 6.07) is 11.1. The zero-order valence-electron chi connectivity index (χ0n) is 13.3. The lowest BCUT2D eigenvalue weighted by Gasteiger charge is -2.08. The van der Waals surface area contributed by atoms with Crippen LogP contribution in [0.25, 0.3) is 0 Å². The third-order valence-corrected chi connectivity index (χ3v) is 4.81. The number of hydrogen-bond donors (Lipinski definition) is 2. The smallest absolute Gasteiger partial charge is 0.255 e. The molecule has 2 aromatic rings. The molecule has 0 radical (unpaired) electrons. The van der Waals surface area contributed by atoms with Crippen LogP contribution in [0.5, 0.6) is 0 Å². The van der Waals surface area contributed by atoms with Crippen LogP contribution in [0.1, 0.15) is 30.1 Å². The van der Waals surface area contributed by atoms with Crippen molar-refractivity contribution in [3.05, 3.63) is 59.9 Å². The van der Waals surface area contributed by atoms with Gasteiger partial charge in [0.15, 0.2) is 0 Å². The number of carbonyl (C=O) groups excluding carboxylic acids is 1. The Morgan fingerprint density at radius 1 is 1.12 bits per heavy atom. The van der Waals surface area contributed by atoms with Crippen LogP contribution in [0.2, 0.25) is 0 Å². The van der Waals surface area contributed by atoms with E-state index in [1.165, 1.54) is 42.5 Å². The first kappa shape index (κ1) is 18.1. The van der Waals surface area contributed by atoms with Gasteiger partial charge in [0.2, 0.25) is 10.0 Å². The molecule has 2 N–H and O–H groups in total. The van der Waals surface area contributed by atoms with Crippen molar-refractivity contribution in [3.8, 4) is 0 Å². The number of sulfonamides is 1. The molecule has 0 fully saturated rings. The Labute approximate surface area is 141 Å². The molecule has 0 saturated carbocycles. The average molecular weight is 350 g/mol. The van der Waals surface area contributed by atoms with Gasteiger partial charge in [-0.3, -0.25) is 4.79 Å². The van der Waals surface area contributed by atoms with Gasteiger partial charge >= 0.3 is 0 Å². The summed E-state index contributed by atoms with van der Waals surface area (Å²) in [7, 11) is -3.57. The number of benzene rings is 2. The SMILES string of the molecule is CCCCNS(=O)(=O)c1ccc(C(=O)Nc2cccc(F)c2)cc1. The topological polar surface area (TPSA) is 75.3 Å². The van der Waals surface area contributed by atoms with Crippen LogP contribution in [0, 0.1) is 5.82 Å². The van der Waals surface area contributed by atoms with E-state index in [9.17, 15) is 17.6 Å². The molecule has 0 atom stereocenters. The predicted molar refractivity (Wildman–Crippen MR) is 90.9 cm³/mol.